The molecule has 0 spiro atoms. The summed E-state index contributed by atoms with van der Waals surface area (Å²) in [6, 6.07) is 14.4. The maximum atomic E-state index is 14.0. The van der Waals surface area contributed by atoms with E-state index < -0.39 is 0 Å². The highest BCUT2D eigenvalue weighted by atomic mass is 32.2. The lowest BCUT2D eigenvalue weighted by atomic mass is 10.1. The van der Waals surface area contributed by atoms with Crippen LogP contribution >= 0.6 is 23.1 Å². The minimum Gasteiger partial charge on any atom is -0.352 e. The minimum absolute atomic E-state index is 0.0947. The molecule has 0 bridgehead atoms. The molecule has 1 N–H and O–H groups in total. The normalized spacial score (nSPS) is 12.6. The molecular formula is C23H21FN2OS2. The molecular weight excluding hydrogens is 403 g/mol. The molecule has 1 aliphatic heterocycles. The van der Waals surface area contributed by atoms with Gasteiger partial charge in [0.2, 0.25) is 0 Å². The van der Waals surface area contributed by atoms with Crippen molar-refractivity contribution in [3.05, 3.63) is 75.2 Å². The van der Waals surface area contributed by atoms with E-state index in [1.807, 2.05) is 24.3 Å². The van der Waals surface area contributed by atoms with Gasteiger partial charge in [0.1, 0.15) is 5.82 Å². The van der Waals surface area contributed by atoms with Gasteiger partial charge in [0.05, 0.1) is 16.3 Å². The van der Waals surface area contributed by atoms with Gasteiger partial charge in [-0.15, -0.1) is 11.3 Å². The Balaban J connectivity index is 1.79. The van der Waals surface area contributed by atoms with Gasteiger partial charge in [-0.25, -0.2) is 9.38 Å². The summed E-state index contributed by atoms with van der Waals surface area (Å²) in [5, 5.41) is 2.95. The molecule has 2 aromatic carbocycles. The number of halogens is 1. The molecule has 0 saturated heterocycles. The first-order valence-electron chi connectivity index (χ1n) is 9.60. The standard InChI is InChI=1S/C23H21FN2OS2/c1-3-4-11-25-23(27)15-6-10-19-18(12-15)26-22(20-9-5-14(2)28-20)17-8-7-16(24)13-21(17)29-19/h5-10,12-13H,3-4,11H2,1-2H3,(H,25,27). The Morgan fingerprint density at radius 1 is 1.10 bits per heavy atom. The molecule has 2 heterocycles. The number of aliphatic imine (C=N–C) groups is 1. The van der Waals surface area contributed by atoms with Crippen molar-refractivity contribution in [1.29, 1.82) is 0 Å². The van der Waals surface area contributed by atoms with Gasteiger partial charge in [-0.05, 0) is 61.9 Å². The fraction of sp³-hybridized carbons (Fsp3) is 0.217. The van der Waals surface area contributed by atoms with Crippen molar-refractivity contribution in [3.8, 4) is 0 Å². The molecule has 4 rings (SSSR count). The van der Waals surface area contributed by atoms with E-state index in [0.717, 1.165) is 44.5 Å². The number of nitrogens with one attached hydrogen (secondary N) is 1. The third kappa shape index (κ3) is 4.28. The summed E-state index contributed by atoms with van der Waals surface area (Å²) in [5.74, 6) is -0.365. The number of carbonyl (C=O) groups is 1. The van der Waals surface area contributed by atoms with Crippen molar-refractivity contribution in [2.45, 2.75) is 36.5 Å². The number of benzene rings is 2. The zero-order valence-corrected chi connectivity index (χ0v) is 17.9. The van der Waals surface area contributed by atoms with Crippen molar-refractivity contribution in [3.63, 3.8) is 0 Å². The van der Waals surface area contributed by atoms with Crippen LogP contribution in [0.3, 0.4) is 0 Å². The molecule has 148 valence electrons. The van der Waals surface area contributed by atoms with Gasteiger partial charge in [0.15, 0.2) is 0 Å². The second kappa shape index (κ2) is 8.51. The van der Waals surface area contributed by atoms with E-state index in [2.05, 4.69) is 25.2 Å². The van der Waals surface area contributed by atoms with E-state index in [-0.39, 0.29) is 11.7 Å². The number of nitrogens with zero attached hydrogens (tertiary/aromatic N) is 1. The summed E-state index contributed by atoms with van der Waals surface area (Å²) in [5.41, 5.74) is 3.04. The zero-order valence-electron chi connectivity index (χ0n) is 16.3. The molecule has 1 amide bonds. The first-order chi connectivity index (χ1) is 14.0. The van der Waals surface area contributed by atoms with Crippen molar-refractivity contribution in [2.24, 2.45) is 4.99 Å². The SMILES string of the molecule is CCCCNC(=O)c1ccc2c(c1)N=C(c1ccc(C)s1)c1ccc(F)cc1S2. The van der Waals surface area contributed by atoms with Crippen molar-refractivity contribution >= 4 is 40.4 Å². The van der Waals surface area contributed by atoms with Crippen LogP contribution in [0.15, 0.2) is 63.3 Å². The summed E-state index contributed by atoms with van der Waals surface area (Å²) in [6.07, 6.45) is 1.98. The van der Waals surface area contributed by atoms with Crippen LogP contribution in [0.1, 0.15) is 45.4 Å². The van der Waals surface area contributed by atoms with Crippen LogP contribution in [-0.2, 0) is 0 Å². The van der Waals surface area contributed by atoms with Gasteiger partial charge in [-0.1, -0.05) is 25.1 Å². The minimum atomic E-state index is -0.270. The third-order valence-corrected chi connectivity index (χ3v) is 6.79. The van der Waals surface area contributed by atoms with Gasteiger partial charge in [-0.3, -0.25) is 4.79 Å². The molecule has 29 heavy (non-hydrogen) atoms. The molecule has 0 fully saturated rings. The first kappa shape index (κ1) is 19.9. The largest absolute Gasteiger partial charge is 0.352 e. The summed E-state index contributed by atoms with van der Waals surface area (Å²) >= 11 is 3.14. The van der Waals surface area contributed by atoms with Crippen LogP contribution in [0, 0.1) is 12.7 Å². The van der Waals surface area contributed by atoms with Crippen LogP contribution in [-0.4, -0.2) is 18.2 Å². The van der Waals surface area contributed by atoms with Crippen LogP contribution in [0.25, 0.3) is 0 Å². The number of amides is 1. The molecule has 0 aliphatic carbocycles. The van der Waals surface area contributed by atoms with Crippen LogP contribution < -0.4 is 5.32 Å². The molecule has 1 aromatic heterocycles. The average Bonchev–Trinajstić information content (AvgIpc) is 3.06. The van der Waals surface area contributed by atoms with Gasteiger partial charge in [0.25, 0.3) is 5.91 Å². The average molecular weight is 425 g/mol. The molecule has 3 aromatic rings. The second-order valence-corrected chi connectivity index (χ2v) is 9.28. The summed E-state index contributed by atoms with van der Waals surface area (Å²) in [4.78, 5) is 21.4. The highest BCUT2D eigenvalue weighted by Crippen LogP contribution is 2.42. The highest BCUT2D eigenvalue weighted by molar-refractivity contribution is 7.99. The van der Waals surface area contributed by atoms with E-state index in [1.54, 1.807) is 23.5 Å². The quantitative estimate of drug-likeness (QED) is 0.379. The molecule has 0 atom stereocenters. The first-order valence-corrected chi connectivity index (χ1v) is 11.2. The maximum Gasteiger partial charge on any atom is 0.251 e. The fourth-order valence-electron chi connectivity index (χ4n) is 3.14. The Hall–Kier alpha value is -2.44. The highest BCUT2D eigenvalue weighted by Gasteiger charge is 2.21. The predicted octanol–water partition coefficient (Wildman–Crippen LogP) is 6.36. The number of thiophene rings is 1. The Labute approximate surface area is 178 Å². The summed E-state index contributed by atoms with van der Waals surface area (Å²) in [6.45, 7) is 4.81. The number of aryl methyl sites for hydroxylation is 1. The molecule has 0 unspecified atom stereocenters. The molecule has 6 heteroatoms. The smallest absolute Gasteiger partial charge is 0.251 e. The number of rotatable bonds is 5. The van der Waals surface area contributed by atoms with E-state index in [0.29, 0.717) is 12.1 Å². The van der Waals surface area contributed by atoms with E-state index in [4.69, 9.17) is 4.99 Å². The molecule has 1 aliphatic rings. The van der Waals surface area contributed by atoms with E-state index in [1.165, 1.54) is 22.7 Å². The van der Waals surface area contributed by atoms with Crippen molar-refractivity contribution in [2.75, 3.05) is 6.54 Å². The number of hydrogen-bond acceptors (Lipinski definition) is 4. The summed E-state index contributed by atoms with van der Waals surface area (Å²) < 4.78 is 14.0. The fourth-order valence-corrected chi connectivity index (χ4v) is 5.04. The Morgan fingerprint density at radius 3 is 2.72 bits per heavy atom. The van der Waals surface area contributed by atoms with Gasteiger partial charge in [0, 0.05) is 32.3 Å². The Bertz CT molecular complexity index is 1100. The molecule has 0 radical (unpaired) electrons. The maximum absolute atomic E-state index is 14.0. The van der Waals surface area contributed by atoms with Crippen molar-refractivity contribution in [1.82, 2.24) is 5.32 Å². The lowest BCUT2D eigenvalue weighted by Crippen LogP contribution is -2.24. The van der Waals surface area contributed by atoms with Crippen molar-refractivity contribution < 1.29 is 9.18 Å². The number of unbranched alkanes of at least 4 members (excludes halogenated alkanes) is 1. The number of carbonyl (C=O) groups excluding carboxylic acids is 1. The van der Waals surface area contributed by atoms with Gasteiger partial charge in [-0.2, -0.15) is 0 Å². The van der Waals surface area contributed by atoms with E-state index in [9.17, 15) is 9.18 Å². The topological polar surface area (TPSA) is 41.5 Å². The Morgan fingerprint density at radius 2 is 1.97 bits per heavy atom. The predicted molar refractivity (Wildman–Crippen MR) is 119 cm³/mol. The van der Waals surface area contributed by atoms with Crippen LogP contribution in [0.4, 0.5) is 10.1 Å². The monoisotopic (exact) mass is 424 g/mol. The van der Waals surface area contributed by atoms with Gasteiger partial charge >= 0.3 is 0 Å². The molecule has 0 saturated carbocycles. The Kier molecular flexibility index (Phi) is 5.83. The zero-order chi connectivity index (χ0) is 20.4. The number of fused-ring (bicyclic) bond motifs is 2. The lowest BCUT2D eigenvalue weighted by molar-refractivity contribution is 0.0953. The molecule has 3 nitrogen and oxygen atoms in total. The van der Waals surface area contributed by atoms with E-state index >= 15 is 0 Å². The van der Waals surface area contributed by atoms with Crippen LogP contribution in [0.5, 0.6) is 0 Å². The number of hydrogen-bond donors (Lipinski definition) is 1. The van der Waals surface area contributed by atoms with Gasteiger partial charge < -0.3 is 5.32 Å². The lowest BCUT2D eigenvalue weighted by Gasteiger charge is -2.08. The van der Waals surface area contributed by atoms with Crippen LogP contribution in [0.2, 0.25) is 0 Å². The second-order valence-electron chi connectivity index (χ2n) is 6.91. The summed E-state index contributed by atoms with van der Waals surface area (Å²) in [7, 11) is 0. The third-order valence-electron chi connectivity index (χ3n) is 4.66.